The van der Waals surface area contributed by atoms with Gasteiger partial charge in [0, 0.05) is 82.5 Å². The van der Waals surface area contributed by atoms with Crippen LogP contribution in [0.1, 0.15) is 0 Å². The first-order valence-corrected chi connectivity index (χ1v) is 22.9. The summed E-state index contributed by atoms with van der Waals surface area (Å²) in [5.74, 6) is 0. The fourth-order valence-electron chi connectivity index (χ4n) is 10.9. The highest BCUT2D eigenvalue weighted by molar-refractivity contribution is 7.27. The standard InChI is InChI=1S/C54H28BNOS3/c1-5-18-41-31(11-1)32-16-9-15-30(54(32)57-41)29-27-36-48-37(23-25-46-50(48)34-13-3-7-20-43(34)59-46)55-38-24-26-47-51(35-14-4-8-21-44(35)60-47)53(38)56(40(28-29)52(36)55)39-17-10-22-45-49(39)33-12-2-6-19-42(33)58-45/h1-28H. The first-order valence-electron chi connectivity index (χ1n) is 20.4. The summed E-state index contributed by atoms with van der Waals surface area (Å²) >= 11 is 5.69. The number of rotatable bonds is 2. The molecule has 13 aromatic rings. The molecule has 0 saturated carbocycles. The van der Waals surface area contributed by atoms with Gasteiger partial charge < -0.3 is 9.32 Å². The summed E-state index contributed by atoms with van der Waals surface area (Å²) in [4.78, 5) is 2.67. The molecule has 6 heteroatoms. The number of anilines is 3. The van der Waals surface area contributed by atoms with Crippen molar-refractivity contribution in [2.75, 3.05) is 4.90 Å². The Balaban J connectivity index is 1.16. The van der Waals surface area contributed by atoms with Crippen molar-refractivity contribution in [3.63, 3.8) is 0 Å². The fraction of sp³-hybridized carbons (Fsp3) is 0. The number of fused-ring (bicyclic) bond motifs is 19. The van der Waals surface area contributed by atoms with Gasteiger partial charge in [-0.2, -0.15) is 0 Å². The number of thiophene rings is 3. The van der Waals surface area contributed by atoms with Gasteiger partial charge in [0.15, 0.2) is 0 Å². The molecule has 0 unspecified atom stereocenters. The molecular formula is C54H28BNOS3. The lowest BCUT2D eigenvalue weighted by molar-refractivity contribution is 0.670. The molecule has 0 radical (unpaired) electrons. The molecule has 60 heavy (non-hydrogen) atoms. The van der Waals surface area contributed by atoms with E-state index in [0.29, 0.717) is 0 Å². The lowest BCUT2D eigenvalue weighted by atomic mass is 9.37. The van der Waals surface area contributed by atoms with Gasteiger partial charge in [0.1, 0.15) is 11.2 Å². The maximum Gasteiger partial charge on any atom is 0.248 e. The molecule has 0 spiro atoms. The summed E-state index contributed by atoms with van der Waals surface area (Å²) in [6.07, 6.45) is 0. The Morgan fingerprint density at radius 2 is 1.00 bits per heavy atom. The van der Waals surface area contributed by atoms with E-state index in [0.717, 1.165) is 33.1 Å². The van der Waals surface area contributed by atoms with Crippen LogP contribution in [0, 0.1) is 0 Å². The minimum absolute atomic E-state index is 0.0665. The van der Waals surface area contributed by atoms with Crippen LogP contribution < -0.4 is 21.3 Å². The van der Waals surface area contributed by atoms with Crippen molar-refractivity contribution < 1.29 is 4.42 Å². The Morgan fingerprint density at radius 3 is 1.77 bits per heavy atom. The van der Waals surface area contributed by atoms with Gasteiger partial charge in [0.05, 0.1) is 11.4 Å². The molecule has 0 bridgehead atoms. The molecule has 9 aromatic carbocycles. The molecule has 0 fully saturated rings. The predicted octanol–water partition coefficient (Wildman–Crippen LogP) is 14.6. The Kier molecular flexibility index (Phi) is 6.18. The molecule has 0 amide bonds. The second-order valence-electron chi connectivity index (χ2n) is 16.2. The van der Waals surface area contributed by atoms with Gasteiger partial charge in [0.25, 0.3) is 0 Å². The maximum atomic E-state index is 6.80. The summed E-state index contributed by atoms with van der Waals surface area (Å²) in [5.41, 5.74) is 14.7. The minimum atomic E-state index is 0.0665. The topological polar surface area (TPSA) is 16.4 Å². The Morgan fingerprint density at radius 1 is 0.417 bits per heavy atom. The van der Waals surface area contributed by atoms with E-state index in [1.54, 1.807) is 0 Å². The SMILES string of the molecule is c1ccc2c(c1)oc1c(-c3cc4c5c(c3)N(c3cccc6sc7ccccc7c36)c3c(ccc6sc7ccccc7c36)B5c3ccc5sc6ccccc6c5c3-4)cccc12. The van der Waals surface area contributed by atoms with Crippen molar-refractivity contribution in [2.24, 2.45) is 0 Å². The lowest BCUT2D eigenvalue weighted by Crippen LogP contribution is -2.54. The quantitative estimate of drug-likeness (QED) is 0.162. The average Bonchev–Trinajstić information content (AvgIpc) is 4.11. The highest BCUT2D eigenvalue weighted by atomic mass is 32.1. The van der Waals surface area contributed by atoms with Crippen molar-refractivity contribution in [3.8, 4) is 22.3 Å². The normalized spacial score (nSPS) is 13.3. The molecule has 2 nitrogen and oxygen atoms in total. The van der Waals surface area contributed by atoms with Gasteiger partial charge >= 0.3 is 0 Å². The van der Waals surface area contributed by atoms with Crippen molar-refractivity contribution in [1.29, 1.82) is 0 Å². The Labute approximate surface area is 355 Å². The van der Waals surface area contributed by atoms with E-state index >= 15 is 0 Å². The monoisotopic (exact) mass is 813 g/mol. The molecule has 4 aromatic heterocycles. The van der Waals surface area contributed by atoms with Crippen LogP contribution in [-0.2, 0) is 0 Å². The summed E-state index contributed by atoms with van der Waals surface area (Å²) in [6, 6.07) is 63.6. The van der Waals surface area contributed by atoms with E-state index in [9.17, 15) is 0 Å². The van der Waals surface area contributed by atoms with Gasteiger partial charge in [-0.15, -0.1) is 34.0 Å². The molecular weight excluding hydrogens is 786 g/mol. The number of para-hydroxylation sites is 2. The van der Waals surface area contributed by atoms with Crippen molar-refractivity contribution in [1.82, 2.24) is 0 Å². The van der Waals surface area contributed by atoms with E-state index in [1.807, 2.05) is 34.0 Å². The number of furan rings is 1. The molecule has 0 saturated heterocycles. The second kappa shape index (κ2) is 11.5. The van der Waals surface area contributed by atoms with Crippen LogP contribution in [-0.4, -0.2) is 6.71 Å². The third kappa shape index (κ3) is 4.04. The van der Waals surface area contributed by atoms with E-state index < -0.39 is 0 Å². The molecule has 0 atom stereocenters. The van der Waals surface area contributed by atoms with Crippen molar-refractivity contribution in [2.45, 2.75) is 0 Å². The number of hydrogen-bond donors (Lipinski definition) is 0. The largest absolute Gasteiger partial charge is 0.455 e. The summed E-state index contributed by atoms with van der Waals surface area (Å²) in [7, 11) is 0. The van der Waals surface area contributed by atoms with E-state index in [-0.39, 0.29) is 6.71 Å². The van der Waals surface area contributed by atoms with Crippen molar-refractivity contribution in [3.05, 3.63) is 170 Å². The Hall–Kier alpha value is -6.70. The fourth-order valence-corrected chi connectivity index (χ4v) is 14.3. The number of nitrogens with zero attached hydrogens (tertiary/aromatic N) is 1. The molecule has 15 rings (SSSR count). The van der Waals surface area contributed by atoms with Gasteiger partial charge in [-0.3, -0.25) is 0 Å². The van der Waals surface area contributed by atoms with Crippen LogP contribution >= 0.6 is 34.0 Å². The van der Waals surface area contributed by atoms with Crippen LogP contribution in [0.2, 0.25) is 0 Å². The zero-order valence-electron chi connectivity index (χ0n) is 31.8. The van der Waals surface area contributed by atoms with E-state index in [1.165, 1.54) is 105 Å². The second-order valence-corrected chi connectivity index (χ2v) is 19.5. The van der Waals surface area contributed by atoms with Gasteiger partial charge in [0.2, 0.25) is 6.71 Å². The van der Waals surface area contributed by atoms with Crippen molar-refractivity contribution >= 4 is 157 Å². The average molecular weight is 814 g/mol. The summed E-state index contributed by atoms with van der Waals surface area (Å²) in [5, 5.41) is 10.2. The highest BCUT2D eigenvalue weighted by Gasteiger charge is 2.45. The van der Waals surface area contributed by atoms with Crippen LogP contribution in [0.5, 0.6) is 0 Å². The molecule has 6 heterocycles. The Bertz CT molecular complexity index is 4050. The highest BCUT2D eigenvalue weighted by Crippen LogP contribution is 2.53. The van der Waals surface area contributed by atoms with Gasteiger partial charge in [-0.1, -0.05) is 115 Å². The van der Waals surface area contributed by atoms with E-state index in [4.69, 9.17) is 4.42 Å². The van der Waals surface area contributed by atoms with Crippen LogP contribution in [0.15, 0.2) is 174 Å². The molecule has 276 valence electrons. The smallest absolute Gasteiger partial charge is 0.248 e. The minimum Gasteiger partial charge on any atom is -0.455 e. The summed E-state index contributed by atoms with van der Waals surface area (Å²) in [6.45, 7) is 0.0665. The molecule has 0 N–H and O–H groups in total. The zero-order chi connectivity index (χ0) is 38.8. The van der Waals surface area contributed by atoms with Crippen LogP contribution in [0.3, 0.4) is 0 Å². The third-order valence-electron chi connectivity index (χ3n) is 13.3. The number of benzene rings is 9. The molecule has 2 aliphatic heterocycles. The molecule has 0 aliphatic carbocycles. The lowest BCUT2D eigenvalue weighted by Gasteiger charge is -2.37. The third-order valence-corrected chi connectivity index (χ3v) is 16.7. The summed E-state index contributed by atoms with van der Waals surface area (Å²) < 4.78 is 14.7. The molecule has 2 aliphatic rings. The maximum absolute atomic E-state index is 6.80. The van der Waals surface area contributed by atoms with Gasteiger partial charge in [-0.05, 0) is 88.3 Å². The predicted molar refractivity (Wildman–Crippen MR) is 263 cm³/mol. The zero-order valence-corrected chi connectivity index (χ0v) is 34.3. The number of hydrogen-bond acceptors (Lipinski definition) is 5. The van der Waals surface area contributed by atoms with Crippen LogP contribution in [0.4, 0.5) is 17.1 Å². The first-order chi connectivity index (χ1) is 29.8. The van der Waals surface area contributed by atoms with Gasteiger partial charge in [-0.25, -0.2) is 0 Å². The first kappa shape index (κ1) is 32.2. The van der Waals surface area contributed by atoms with Crippen LogP contribution in [0.25, 0.3) is 105 Å². The van der Waals surface area contributed by atoms with E-state index in [2.05, 4.69) is 175 Å².